The van der Waals surface area contributed by atoms with Gasteiger partial charge in [0.25, 0.3) is 0 Å². The Morgan fingerprint density at radius 2 is 1.82 bits per heavy atom. The van der Waals surface area contributed by atoms with Crippen molar-refractivity contribution in [1.29, 1.82) is 0 Å². The van der Waals surface area contributed by atoms with Gasteiger partial charge >= 0.3 is 6.18 Å². The van der Waals surface area contributed by atoms with Crippen LogP contribution in [0.15, 0.2) is 47.4 Å². The number of hydrogen-bond acceptors (Lipinski definition) is 3. The van der Waals surface area contributed by atoms with Crippen LogP contribution in [0.2, 0.25) is 5.02 Å². The molecule has 5 nitrogen and oxygen atoms in total. The fourth-order valence-corrected chi connectivity index (χ4v) is 4.58. The monoisotopic (exact) mass is 436 g/mol. The lowest BCUT2D eigenvalue weighted by atomic mass is 10.2. The van der Waals surface area contributed by atoms with Crippen molar-refractivity contribution in [3.05, 3.63) is 58.9 Å². The summed E-state index contributed by atoms with van der Waals surface area (Å²) in [5.41, 5.74) is -1.20. The molecule has 28 heavy (non-hydrogen) atoms. The van der Waals surface area contributed by atoms with Gasteiger partial charge in [-0.1, -0.05) is 23.7 Å². The number of para-hydroxylation sites is 1. The number of carbonyl (C=O) groups is 1. The van der Waals surface area contributed by atoms with E-state index >= 15 is 0 Å². The summed E-state index contributed by atoms with van der Waals surface area (Å²) in [6.07, 6.45) is -4.75. The largest absolute Gasteiger partial charge is 0.416 e. The molecule has 0 saturated carbocycles. The molecule has 1 N–H and O–H groups in total. The van der Waals surface area contributed by atoms with Gasteiger partial charge in [-0.05, 0) is 36.8 Å². The second-order valence-electron chi connectivity index (χ2n) is 6.05. The van der Waals surface area contributed by atoms with Crippen molar-refractivity contribution in [1.82, 2.24) is 4.72 Å². The third kappa shape index (κ3) is 3.98. The Labute approximate surface area is 163 Å². The van der Waals surface area contributed by atoms with Crippen molar-refractivity contribution in [3.63, 3.8) is 0 Å². The summed E-state index contributed by atoms with van der Waals surface area (Å²) >= 11 is 5.77. The summed E-state index contributed by atoms with van der Waals surface area (Å²) in [6, 6.07) is 6.11. The number of alkyl halides is 3. The van der Waals surface area contributed by atoms with Crippen molar-refractivity contribution >= 4 is 33.2 Å². The average Bonchev–Trinajstić information content (AvgIpc) is 2.94. The van der Waals surface area contributed by atoms with Gasteiger partial charge in [0.15, 0.2) is 0 Å². The van der Waals surface area contributed by atoms with Gasteiger partial charge in [0.2, 0.25) is 15.9 Å². The van der Waals surface area contributed by atoms with Gasteiger partial charge in [-0.3, -0.25) is 4.79 Å². The molecule has 0 radical (unpaired) electrons. The molecule has 0 aliphatic carbocycles. The third-order valence-corrected chi connectivity index (χ3v) is 6.15. The van der Waals surface area contributed by atoms with Crippen LogP contribution in [-0.4, -0.2) is 26.9 Å². The third-order valence-electron chi connectivity index (χ3n) is 4.19. The number of amides is 1. The van der Waals surface area contributed by atoms with Crippen LogP contribution in [0, 0.1) is 5.82 Å². The summed E-state index contributed by atoms with van der Waals surface area (Å²) in [7, 11) is -4.53. The van der Waals surface area contributed by atoms with Crippen LogP contribution in [0.3, 0.4) is 0 Å². The Bertz CT molecular complexity index is 1030. The predicted molar refractivity (Wildman–Crippen MR) is 93.9 cm³/mol. The molecule has 0 spiro atoms. The molecule has 150 valence electrons. The van der Waals surface area contributed by atoms with Crippen molar-refractivity contribution in [2.45, 2.75) is 23.5 Å². The van der Waals surface area contributed by atoms with E-state index in [1.165, 1.54) is 18.2 Å². The Balaban J connectivity index is 1.86. The minimum atomic E-state index is -4.76. The van der Waals surface area contributed by atoms with E-state index in [2.05, 4.69) is 4.72 Å². The van der Waals surface area contributed by atoms with Gasteiger partial charge in [0, 0.05) is 6.54 Å². The van der Waals surface area contributed by atoms with Gasteiger partial charge in [0.05, 0.1) is 16.3 Å². The second kappa shape index (κ2) is 7.34. The number of carbonyl (C=O) groups excluding carboxylic acids is 1. The molecule has 2 aromatic rings. The molecule has 1 fully saturated rings. The summed E-state index contributed by atoms with van der Waals surface area (Å²) in [4.78, 5) is 12.8. The van der Waals surface area contributed by atoms with Gasteiger partial charge in [-0.15, -0.1) is 0 Å². The second-order valence-corrected chi connectivity index (χ2v) is 8.14. The lowest BCUT2D eigenvalue weighted by Crippen LogP contribution is -2.41. The van der Waals surface area contributed by atoms with Crippen LogP contribution in [0.25, 0.3) is 0 Å². The number of benzene rings is 2. The highest BCUT2D eigenvalue weighted by Crippen LogP contribution is 2.34. The first-order valence-corrected chi connectivity index (χ1v) is 9.82. The average molecular weight is 437 g/mol. The maximum Gasteiger partial charge on any atom is 0.416 e. The molecule has 1 saturated heterocycles. The van der Waals surface area contributed by atoms with Crippen LogP contribution in [0.5, 0.6) is 0 Å². The summed E-state index contributed by atoms with van der Waals surface area (Å²) in [5.74, 6) is -1.36. The van der Waals surface area contributed by atoms with Gasteiger partial charge in [-0.25, -0.2) is 12.8 Å². The molecule has 3 rings (SSSR count). The highest BCUT2D eigenvalue weighted by atomic mass is 35.5. The van der Waals surface area contributed by atoms with Crippen LogP contribution in [-0.2, 0) is 21.0 Å². The fraction of sp³-hybridized carbons (Fsp3) is 0.235. The molecule has 0 aromatic heterocycles. The fourth-order valence-electron chi connectivity index (χ4n) is 2.84. The number of anilines is 1. The SMILES string of the molecule is O=C1C(NS(=O)(=O)c2cc(C(F)(F)F)ccc2Cl)CCN1c1ccccc1F. The minimum Gasteiger partial charge on any atom is -0.308 e. The number of hydrogen-bond donors (Lipinski definition) is 1. The van der Waals surface area contributed by atoms with E-state index in [0.29, 0.717) is 12.1 Å². The van der Waals surface area contributed by atoms with E-state index < -0.39 is 49.4 Å². The molecule has 1 unspecified atom stereocenters. The maximum atomic E-state index is 13.9. The molecule has 2 aromatic carbocycles. The Kier molecular flexibility index (Phi) is 5.39. The molecular formula is C17H13ClF4N2O3S. The zero-order valence-electron chi connectivity index (χ0n) is 14.0. The quantitative estimate of drug-likeness (QED) is 0.745. The van der Waals surface area contributed by atoms with E-state index in [0.717, 1.165) is 17.0 Å². The van der Waals surface area contributed by atoms with Crippen LogP contribution < -0.4 is 9.62 Å². The number of rotatable bonds is 4. The minimum absolute atomic E-state index is 0.00806. The zero-order chi connectivity index (χ0) is 20.7. The highest BCUT2D eigenvalue weighted by Gasteiger charge is 2.38. The molecule has 0 bridgehead atoms. The van der Waals surface area contributed by atoms with Gasteiger partial charge in [-0.2, -0.15) is 17.9 Å². The smallest absolute Gasteiger partial charge is 0.308 e. The molecule has 1 atom stereocenters. The number of nitrogens with zero attached hydrogens (tertiary/aromatic N) is 1. The normalized spacial score (nSPS) is 18.0. The first-order valence-electron chi connectivity index (χ1n) is 7.96. The summed E-state index contributed by atoms with van der Waals surface area (Å²) < 4.78 is 79.7. The van der Waals surface area contributed by atoms with E-state index in [1.807, 2.05) is 0 Å². The Hall–Kier alpha value is -2.17. The zero-order valence-corrected chi connectivity index (χ0v) is 15.6. The van der Waals surface area contributed by atoms with Crippen molar-refractivity contribution in [2.75, 3.05) is 11.4 Å². The molecule has 1 amide bonds. The number of sulfonamides is 1. The Morgan fingerprint density at radius 3 is 2.46 bits per heavy atom. The Morgan fingerprint density at radius 1 is 1.14 bits per heavy atom. The van der Waals surface area contributed by atoms with E-state index in [1.54, 1.807) is 0 Å². The van der Waals surface area contributed by atoms with Gasteiger partial charge in [0.1, 0.15) is 16.8 Å². The lowest BCUT2D eigenvalue weighted by Gasteiger charge is -2.18. The van der Waals surface area contributed by atoms with E-state index in [9.17, 15) is 30.8 Å². The molecule has 11 heteroatoms. The molecular weight excluding hydrogens is 424 g/mol. The first-order chi connectivity index (χ1) is 13.0. The summed E-state index contributed by atoms with van der Waals surface area (Å²) in [5, 5.41) is -0.420. The van der Waals surface area contributed by atoms with Crippen LogP contribution in [0.1, 0.15) is 12.0 Å². The first kappa shape index (κ1) is 20.6. The lowest BCUT2D eigenvalue weighted by molar-refractivity contribution is -0.137. The molecule has 1 heterocycles. The molecule has 1 aliphatic rings. The maximum absolute atomic E-state index is 13.9. The molecule has 1 aliphatic heterocycles. The summed E-state index contributed by atoms with van der Waals surface area (Å²) in [6.45, 7) is 0.0449. The van der Waals surface area contributed by atoms with Crippen molar-refractivity contribution < 1.29 is 30.8 Å². The highest BCUT2D eigenvalue weighted by molar-refractivity contribution is 7.89. The van der Waals surface area contributed by atoms with Gasteiger partial charge < -0.3 is 4.90 Å². The van der Waals surface area contributed by atoms with E-state index in [-0.39, 0.29) is 18.7 Å². The number of halogens is 5. The van der Waals surface area contributed by atoms with E-state index in [4.69, 9.17) is 11.6 Å². The van der Waals surface area contributed by atoms with Crippen molar-refractivity contribution in [2.24, 2.45) is 0 Å². The number of nitrogens with one attached hydrogen (secondary N) is 1. The van der Waals surface area contributed by atoms with Crippen molar-refractivity contribution in [3.8, 4) is 0 Å². The topological polar surface area (TPSA) is 66.5 Å². The standard InChI is InChI=1S/C17H13ClF4N2O3S/c18-11-6-5-10(17(20,21)22)9-15(11)28(26,27)23-13-7-8-24(16(13)25)14-4-2-1-3-12(14)19/h1-6,9,13,23H,7-8H2. The predicted octanol–water partition coefficient (Wildman–Crippen LogP) is 3.58. The van der Waals surface area contributed by atoms with Crippen LogP contribution >= 0.6 is 11.6 Å². The van der Waals surface area contributed by atoms with Crippen LogP contribution in [0.4, 0.5) is 23.2 Å².